The lowest BCUT2D eigenvalue weighted by Gasteiger charge is -2.13. The zero-order chi connectivity index (χ0) is 21.7. The molecule has 6 heteroatoms. The molecule has 6 nitrogen and oxygen atoms in total. The normalized spacial score (nSPS) is 11.0. The monoisotopic (exact) mass is 406 g/mol. The highest BCUT2D eigenvalue weighted by atomic mass is 16.5. The molecule has 158 valence electrons. The molecule has 0 atom stereocenters. The van der Waals surface area contributed by atoms with Gasteiger partial charge in [-0.05, 0) is 57.0 Å². The summed E-state index contributed by atoms with van der Waals surface area (Å²) >= 11 is 0. The number of hydrogen-bond acceptors (Lipinski definition) is 3. The van der Waals surface area contributed by atoms with Crippen molar-refractivity contribution in [2.24, 2.45) is 0 Å². The second-order valence-corrected chi connectivity index (χ2v) is 7.50. The summed E-state index contributed by atoms with van der Waals surface area (Å²) in [6.45, 7) is 9.42. The number of fused-ring (bicyclic) bond motifs is 1. The molecule has 0 saturated carbocycles. The Kier molecular flexibility index (Phi) is 6.77. The Hall–Kier alpha value is -3.28. The second kappa shape index (κ2) is 9.48. The third kappa shape index (κ3) is 4.48. The third-order valence-electron chi connectivity index (χ3n) is 4.81. The van der Waals surface area contributed by atoms with Crippen molar-refractivity contribution >= 4 is 28.8 Å². The predicted octanol–water partition coefficient (Wildman–Crippen LogP) is 5.64. The van der Waals surface area contributed by atoms with Crippen LogP contribution in [0, 0.1) is 5.41 Å². The van der Waals surface area contributed by atoms with Gasteiger partial charge in [0.25, 0.3) is 0 Å². The average molecular weight is 407 g/mol. The summed E-state index contributed by atoms with van der Waals surface area (Å²) in [5.41, 5.74) is 4.69. The molecule has 3 aromatic rings. The summed E-state index contributed by atoms with van der Waals surface area (Å²) in [4.78, 5) is 12.0. The van der Waals surface area contributed by atoms with E-state index in [9.17, 15) is 4.79 Å². The molecule has 1 heterocycles. The van der Waals surface area contributed by atoms with Crippen LogP contribution in [0.4, 0.5) is 10.5 Å². The van der Waals surface area contributed by atoms with E-state index in [1.54, 1.807) is 0 Å². The first-order chi connectivity index (χ1) is 14.5. The standard InChI is InChI=1S/C24H30N4O2/c1-5-13-28-22-14-19(30-6-2)11-12-20(22)21(15-25)23(28)17-7-9-18(10-8-17)27-24(29)26-16(3)4/h7-12,14-16,25H,5-6,13H2,1-4H3,(H2,26,27,29). The zero-order valence-corrected chi connectivity index (χ0v) is 18.1. The topological polar surface area (TPSA) is 79.1 Å². The molecular weight excluding hydrogens is 376 g/mol. The molecule has 30 heavy (non-hydrogen) atoms. The van der Waals surface area contributed by atoms with Crippen LogP contribution in [-0.2, 0) is 6.54 Å². The SMILES string of the molecule is CCCn1c(-c2ccc(NC(=O)NC(C)C)cc2)c(C=N)c2ccc(OCC)cc21. The van der Waals surface area contributed by atoms with Gasteiger partial charge in [-0.2, -0.15) is 0 Å². The average Bonchev–Trinajstić information content (AvgIpc) is 3.01. The number of aryl methyl sites for hydroxylation is 1. The lowest BCUT2D eigenvalue weighted by Crippen LogP contribution is -2.34. The molecule has 2 amide bonds. The number of hydrogen-bond donors (Lipinski definition) is 3. The summed E-state index contributed by atoms with van der Waals surface area (Å²) in [7, 11) is 0. The first kappa shape index (κ1) is 21.4. The number of nitrogens with zero attached hydrogens (tertiary/aromatic N) is 1. The van der Waals surface area contributed by atoms with E-state index in [0.717, 1.165) is 52.1 Å². The number of rotatable bonds is 8. The van der Waals surface area contributed by atoms with Crippen LogP contribution in [-0.4, -0.2) is 29.5 Å². The van der Waals surface area contributed by atoms with Gasteiger partial charge in [-0.1, -0.05) is 19.1 Å². The number of aromatic nitrogens is 1. The molecule has 3 rings (SSSR count). The van der Waals surface area contributed by atoms with Gasteiger partial charge in [0.2, 0.25) is 0 Å². The summed E-state index contributed by atoms with van der Waals surface area (Å²) in [6.07, 6.45) is 2.40. The van der Waals surface area contributed by atoms with Gasteiger partial charge in [-0.25, -0.2) is 4.79 Å². The Bertz CT molecular complexity index is 1040. The minimum Gasteiger partial charge on any atom is -0.494 e. The van der Waals surface area contributed by atoms with Crippen LogP contribution in [0.3, 0.4) is 0 Å². The molecule has 0 aliphatic rings. The number of benzene rings is 2. The lowest BCUT2D eigenvalue weighted by molar-refractivity contribution is 0.250. The van der Waals surface area contributed by atoms with E-state index in [1.807, 2.05) is 57.2 Å². The molecule has 0 saturated heterocycles. The summed E-state index contributed by atoms with van der Waals surface area (Å²) in [5, 5.41) is 14.8. The van der Waals surface area contributed by atoms with Crippen LogP contribution in [0.5, 0.6) is 5.75 Å². The van der Waals surface area contributed by atoms with Gasteiger partial charge in [-0.15, -0.1) is 0 Å². The van der Waals surface area contributed by atoms with Crippen LogP contribution in [0.15, 0.2) is 42.5 Å². The summed E-state index contributed by atoms with van der Waals surface area (Å²) in [5.74, 6) is 0.832. The Labute approximate surface area is 177 Å². The van der Waals surface area contributed by atoms with E-state index < -0.39 is 0 Å². The van der Waals surface area contributed by atoms with E-state index in [0.29, 0.717) is 6.61 Å². The lowest BCUT2D eigenvalue weighted by atomic mass is 10.1. The van der Waals surface area contributed by atoms with Crippen molar-refractivity contribution in [1.29, 1.82) is 5.41 Å². The Balaban J connectivity index is 2.04. The molecule has 0 unspecified atom stereocenters. The van der Waals surface area contributed by atoms with Crippen molar-refractivity contribution in [2.45, 2.75) is 46.7 Å². The van der Waals surface area contributed by atoms with Crippen LogP contribution in [0.2, 0.25) is 0 Å². The van der Waals surface area contributed by atoms with Crippen molar-refractivity contribution in [3.8, 4) is 17.0 Å². The van der Waals surface area contributed by atoms with Gasteiger partial charge >= 0.3 is 6.03 Å². The maximum absolute atomic E-state index is 12.0. The smallest absolute Gasteiger partial charge is 0.319 e. The quantitative estimate of drug-likeness (QED) is 0.423. The van der Waals surface area contributed by atoms with Gasteiger partial charge < -0.3 is 25.3 Å². The molecular formula is C24H30N4O2. The first-order valence-corrected chi connectivity index (χ1v) is 10.5. The van der Waals surface area contributed by atoms with Crippen LogP contribution >= 0.6 is 0 Å². The number of carbonyl (C=O) groups is 1. The number of amides is 2. The van der Waals surface area contributed by atoms with Crippen LogP contribution < -0.4 is 15.4 Å². The van der Waals surface area contributed by atoms with Crippen LogP contribution in [0.25, 0.3) is 22.2 Å². The summed E-state index contributed by atoms with van der Waals surface area (Å²) < 4.78 is 7.96. The first-order valence-electron chi connectivity index (χ1n) is 10.5. The Morgan fingerprint density at radius 1 is 1.17 bits per heavy atom. The fourth-order valence-electron chi connectivity index (χ4n) is 3.67. The molecule has 0 aliphatic heterocycles. The number of urea groups is 1. The van der Waals surface area contributed by atoms with E-state index in [1.165, 1.54) is 6.21 Å². The fraction of sp³-hybridized carbons (Fsp3) is 0.333. The second-order valence-electron chi connectivity index (χ2n) is 7.50. The highest BCUT2D eigenvalue weighted by Gasteiger charge is 2.18. The van der Waals surface area contributed by atoms with Crippen molar-refractivity contribution in [3.63, 3.8) is 0 Å². The predicted molar refractivity (Wildman–Crippen MR) is 124 cm³/mol. The van der Waals surface area contributed by atoms with Gasteiger partial charge in [0.1, 0.15) is 5.75 Å². The van der Waals surface area contributed by atoms with Gasteiger partial charge in [0, 0.05) is 41.5 Å². The van der Waals surface area contributed by atoms with Crippen LogP contribution in [0.1, 0.15) is 39.7 Å². The minimum absolute atomic E-state index is 0.0748. The van der Waals surface area contributed by atoms with Crippen molar-refractivity contribution in [2.75, 3.05) is 11.9 Å². The maximum atomic E-state index is 12.0. The largest absolute Gasteiger partial charge is 0.494 e. The number of anilines is 1. The molecule has 0 radical (unpaired) electrons. The van der Waals surface area contributed by atoms with E-state index >= 15 is 0 Å². The van der Waals surface area contributed by atoms with Gasteiger partial charge in [0.05, 0.1) is 17.8 Å². The minimum atomic E-state index is -0.221. The molecule has 0 fully saturated rings. The molecule has 0 spiro atoms. The highest BCUT2D eigenvalue weighted by molar-refractivity contribution is 6.06. The molecule has 0 bridgehead atoms. The van der Waals surface area contributed by atoms with E-state index in [4.69, 9.17) is 10.1 Å². The Morgan fingerprint density at radius 3 is 2.50 bits per heavy atom. The molecule has 1 aromatic heterocycles. The number of ether oxygens (including phenoxy) is 1. The fourth-order valence-corrected chi connectivity index (χ4v) is 3.67. The Morgan fingerprint density at radius 2 is 1.90 bits per heavy atom. The molecule has 2 aromatic carbocycles. The highest BCUT2D eigenvalue weighted by Crippen LogP contribution is 2.35. The van der Waals surface area contributed by atoms with Crippen molar-refractivity contribution in [3.05, 3.63) is 48.0 Å². The summed E-state index contributed by atoms with van der Waals surface area (Å²) in [6, 6.07) is 13.7. The maximum Gasteiger partial charge on any atom is 0.319 e. The van der Waals surface area contributed by atoms with E-state index in [-0.39, 0.29) is 12.1 Å². The molecule has 0 aliphatic carbocycles. The molecule has 3 N–H and O–H groups in total. The number of carbonyl (C=O) groups excluding carboxylic acids is 1. The van der Waals surface area contributed by atoms with Crippen molar-refractivity contribution in [1.82, 2.24) is 9.88 Å². The number of nitrogens with one attached hydrogen (secondary N) is 3. The zero-order valence-electron chi connectivity index (χ0n) is 18.1. The van der Waals surface area contributed by atoms with Gasteiger partial charge in [-0.3, -0.25) is 0 Å². The third-order valence-corrected chi connectivity index (χ3v) is 4.81. The van der Waals surface area contributed by atoms with Gasteiger partial charge in [0.15, 0.2) is 0 Å². The van der Waals surface area contributed by atoms with Crippen molar-refractivity contribution < 1.29 is 9.53 Å². The van der Waals surface area contributed by atoms with E-state index in [2.05, 4.69) is 28.2 Å².